The third kappa shape index (κ3) is 2.59. The summed E-state index contributed by atoms with van der Waals surface area (Å²) < 4.78 is 23.7. The monoisotopic (exact) mass is 286 g/mol. The summed E-state index contributed by atoms with van der Waals surface area (Å²) in [5.41, 5.74) is 8.58. The SMILES string of the molecule is Cc1cccc(N2CCSCC2S(C)(=O)=O)c1N. The molecule has 0 aliphatic carbocycles. The minimum Gasteiger partial charge on any atom is -0.397 e. The first-order chi connectivity index (χ1) is 8.41. The first kappa shape index (κ1) is 13.5. The van der Waals surface area contributed by atoms with Crippen LogP contribution in [0.3, 0.4) is 0 Å². The van der Waals surface area contributed by atoms with Gasteiger partial charge in [0.2, 0.25) is 0 Å². The number of nitrogens with two attached hydrogens (primary N) is 1. The quantitative estimate of drug-likeness (QED) is 0.835. The Morgan fingerprint density at radius 1 is 1.44 bits per heavy atom. The molecule has 2 rings (SSSR count). The summed E-state index contributed by atoms with van der Waals surface area (Å²) in [6, 6.07) is 5.76. The molecule has 0 amide bonds. The molecule has 1 aromatic rings. The van der Waals surface area contributed by atoms with E-state index in [0.29, 0.717) is 11.4 Å². The molecule has 1 heterocycles. The van der Waals surface area contributed by atoms with Gasteiger partial charge in [-0.2, -0.15) is 11.8 Å². The minimum atomic E-state index is -3.10. The van der Waals surface area contributed by atoms with Crippen molar-refractivity contribution in [2.24, 2.45) is 0 Å². The Labute approximate surface area is 112 Å². The average molecular weight is 286 g/mol. The Morgan fingerprint density at radius 3 is 2.83 bits per heavy atom. The Morgan fingerprint density at radius 2 is 2.17 bits per heavy atom. The zero-order valence-corrected chi connectivity index (χ0v) is 12.2. The van der Waals surface area contributed by atoms with Crippen LogP contribution < -0.4 is 10.6 Å². The Hall–Kier alpha value is -0.880. The molecule has 6 heteroatoms. The highest BCUT2D eigenvalue weighted by Gasteiger charge is 2.32. The van der Waals surface area contributed by atoms with Crippen molar-refractivity contribution in [1.82, 2.24) is 0 Å². The number of nitrogens with zero attached hydrogens (tertiary/aromatic N) is 1. The molecule has 100 valence electrons. The molecular formula is C12H18N2O2S2. The molecule has 1 aliphatic heterocycles. The van der Waals surface area contributed by atoms with E-state index in [9.17, 15) is 8.42 Å². The molecule has 0 spiro atoms. The molecule has 1 aromatic carbocycles. The lowest BCUT2D eigenvalue weighted by Crippen LogP contribution is -2.47. The van der Waals surface area contributed by atoms with E-state index in [1.807, 2.05) is 30.0 Å². The van der Waals surface area contributed by atoms with Crippen LogP contribution in [0.2, 0.25) is 0 Å². The van der Waals surface area contributed by atoms with Gasteiger partial charge in [0.15, 0.2) is 9.84 Å². The minimum absolute atomic E-state index is 0.472. The highest BCUT2D eigenvalue weighted by Crippen LogP contribution is 2.32. The van der Waals surface area contributed by atoms with E-state index in [0.717, 1.165) is 23.5 Å². The normalized spacial score (nSPS) is 21.0. The number of sulfone groups is 1. The van der Waals surface area contributed by atoms with Crippen molar-refractivity contribution in [3.8, 4) is 0 Å². The van der Waals surface area contributed by atoms with Crippen LogP contribution in [0.4, 0.5) is 11.4 Å². The summed E-state index contributed by atoms with van der Waals surface area (Å²) in [5, 5.41) is -0.472. The van der Waals surface area contributed by atoms with Gasteiger partial charge in [0, 0.05) is 24.3 Å². The van der Waals surface area contributed by atoms with Crippen molar-refractivity contribution >= 4 is 33.0 Å². The lowest BCUT2D eigenvalue weighted by atomic mass is 10.1. The predicted molar refractivity (Wildman–Crippen MR) is 78.9 cm³/mol. The van der Waals surface area contributed by atoms with Crippen LogP contribution in [0, 0.1) is 6.92 Å². The van der Waals surface area contributed by atoms with Gasteiger partial charge in [-0.15, -0.1) is 0 Å². The molecule has 18 heavy (non-hydrogen) atoms. The molecular weight excluding hydrogens is 268 g/mol. The first-order valence-corrected chi connectivity index (χ1v) is 8.90. The fourth-order valence-corrected chi connectivity index (χ4v) is 4.96. The molecule has 4 nitrogen and oxygen atoms in total. The number of nitrogen functional groups attached to an aromatic ring is 1. The van der Waals surface area contributed by atoms with Crippen LogP contribution in [-0.4, -0.2) is 38.1 Å². The van der Waals surface area contributed by atoms with Gasteiger partial charge in [0.25, 0.3) is 0 Å². The van der Waals surface area contributed by atoms with Gasteiger partial charge in [-0.3, -0.25) is 0 Å². The molecule has 0 saturated carbocycles. The second kappa shape index (κ2) is 5.01. The molecule has 1 unspecified atom stereocenters. The number of hydrogen-bond donors (Lipinski definition) is 1. The second-order valence-corrected chi connectivity index (χ2v) is 7.91. The van der Waals surface area contributed by atoms with Crippen LogP contribution in [0.5, 0.6) is 0 Å². The topological polar surface area (TPSA) is 63.4 Å². The van der Waals surface area contributed by atoms with Crippen LogP contribution in [-0.2, 0) is 9.84 Å². The van der Waals surface area contributed by atoms with Crippen molar-refractivity contribution in [3.63, 3.8) is 0 Å². The summed E-state index contributed by atoms with van der Waals surface area (Å²) in [5.74, 6) is 1.53. The van der Waals surface area contributed by atoms with E-state index >= 15 is 0 Å². The zero-order valence-electron chi connectivity index (χ0n) is 10.6. The van der Waals surface area contributed by atoms with Gasteiger partial charge in [-0.25, -0.2) is 8.42 Å². The number of rotatable bonds is 2. The second-order valence-electron chi connectivity index (χ2n) is 4.56. The van der Waals surface area contributed by atoms with Crippen LogP contribution >= 0.6 is 11.8 Å². The molecule has 0 bridgehead atoms. The summed E-state index contributed by atoms with van der Waals surface area (Å²) >= 11 is 1.68. The van der Waals surface area contributed by atoms with E-state index in [2.05, 4.69) is 0 Å². The van der Waals surface area contributed by atoms with E-state index in [-0.39, 0.29) is 0 Å². The third-order valence-corrected chi connectivity index (χ3v) is 5.83. The largest absolute Gasteiger partial charge is 0.397 e. The fraction of sp³-hybridized carbons (Fsp3) is 0.500. The number of para-hydroxylation sites is 1. The van der Waals surface area contributed by atoms with E-state index in [1.54, 1.807) is 11.8 Å². The van der Waals surface area contributed by atoms with Gasteiger partial charge in [0.1, 0.15) is 5.37 Å². The molecule has 1 atom stereocenters. The van der Waals surface area contributed by atoms with Gasteiger partial charge in [-0.05, 0) is 18.6 Å². The fourth-order valence-electron chi connectivity index (χ4n) is 2.13. The molecule has 0 radical (unpaired) electrons. The summed E-state index contributed by atoms with van der Waals surface area (Å²) in [6.45, 7) is 2.66. The maximum Gasteiger partial charge on any atom is 0.169 e. The van der Waals surface area contributed by atoms with Gasteiger partial charge < -0.3 is 10.6 Å². The maximum atomic E-state index is 11.9. The van der Waals surface area contributed by atoms with Crippen molar-refractivity contribution in [1.29, 1.82) is 0 Å². The Kier molecular flexibility index (Phi) is 3.77. The molecule has 1 saturated heterocycles. The Balaban J connectivity index is 2.43. The number of anilines is 2. The number of aryl methyl sites for hydroxylation is 1. The van der Waals surface area contributed by atoms with Crippen LogP contribution in [0.1, 0.15) is 5.56 Å². The smallest absolute Gasteiger partial charge is 0.169 e. The van der Waals surface area contributed by atoms with Crippen LogP contribution in [0.25, 0.3) is 0 Å². The van der Waals surface area contributed by atoms with E-state index in [4.69, 9.17) is 5.73 Å². The molecule has 1 fully saturated rings. The van der Waals surface area contributed by atoms with Gasteiger partial charge in [-0.1, -0.05) is 12.1 Å². The number of hydrogen-bond acceptors (Lipinski definition) is 5. The molecule has 0 aromatic heterocycles. The third-order valence-electron chi connectivity index (χ3n) is 3.19. The zero-order chi connectivity index (χ0) is 13.3. The number of benzene rings is 1. The molecule has 2 N–H and O–H groups in total. The van der Waals surface area contributed by atoms with Gasteiger partial charge >= 0.3 is 0 Å². The van der Waals surface area contributed by atoms with E-state index in [1.165, 1.54) is 6.26 Å². The summed E-state index contributed by atoms with van der Waals surface area (Å²) in [6.07, 6.45) is 1.29. The molecule has 1 aliphatic rings. The first-order valence-electron chi connectivity index (χ1n) is 5.79. The summed E-state index contributed by atoms with van der Waals surface area (Å²) in [4.78, 5) is 1.92. The van der Waals surface area contributed by atoms with Gasteiger partial charge in [0.05, 0.1) is 11.4 Å². The van der Waals surface area contributed by atoms with Crippen LogP contribution in [0.15, 0.2) is 18.2 Å². The highest BCUT2D eigenvalue weighted by atomic mass is 32.2. The van der Waals surface area contributed by atoms with E-state index < -0.39 is 15.2 Å². The standard InChI is InChI=1S/C12H18N2O2S2/c1-9-4-3-5-10(12(9)13)14-6-7-17-8-11(14)18(2,15)16/h3-5,11H,6-8,13H2,1-2H3. The maximum absolute atomic E-state index is 11.9. The predicted octanol–water partition coefficient (Wildman–Crippen LogP) is 1.50. The average Bonchev–Trinajstić information content (AvgIpc) is 2.32. The lowest BCUT2D eigenvalue weighted by molar-refractivity contribution is 0.584. The Bertz CT molecular complexity index is 543. The van der Waals surface area contributed by atoms with Crippen molar-refractivity contribution in [2.45, 2.75) is 12.3 Å². The number of thioether (sulfide) groups is 1. The van der Waals surface area contributed by atoms with Crippen molar-refractivity contribution < 1.29 is 8.42 Å². The highest BCUT2D eigenvalue weighted by molar-refractivity contribution is 8.01. The summed E-state index contributed by atoms with van der Waals surface area (Å²) in [7, 11) is -3.10. The lowest BCUT2D eigenvalue weighted by Gasteiger charge is -2.36. The van der Waals surface area contributed by atoms with Crippen molar-refractivity contribution in [3.05, 3.63) is 23.8 Å². The van der Waals surface area contributed by atoms with Crippen molar-refractivity contribution in [2.75, 3.05) is 34.9 Å².